The number of benzene rings is 1. The van der Waals surface area contributed by atoms with Crippen LogP contribution in [-0.2, 0) is 11.0 Å². The number of carboxylic acid groups (broad SMARTS) is 1. The molecule has 0 aliphatic heterocycles. The fourth-order valence-corrected chi connectivity index (χ4v) is 1.88. The molecule has 1 rings (SSSR count). The summed E-state index contributed by atoms with van der Waals surface area (Å²) < 4.78 is 38.4. The lowest BCUT2D eigenvalue weighted by atomic mass is 9.92. The molecule has 1 aromatic rings. The van der Waals surface area contributed by atoms with E-state index in [4.69, 9.17) is 5.11 Å². The van der Waals surface area contributed by atoms with Crippen LogP contribution in [0.3, 0.4) is 0 Å². The van der Waals surface area contributed by atoms with Crippen LogP contribution in [0.1, 0.15) is 36.8 Å². The van der Waals surface area contributed by atoms with E-state index in [2.05, 4.69) is 0 Å². The molecular formula is C12H12F3NO4. The van der Waals surface area contributed by atoms with Crippen molar-refractivity contribution in [1.29, 1.82) is 0 Å². The lowest BCUT2D eigenvalue weighted by Gasteiger charge is -2.14. The molecule has 0 fully saturated rings. The Kier molecular flexibility index (Phi) is 4.69. The zero-order valence-corrected chi connectivity index (χ0v) is 10.5. The van der Waals surface area contributed by atoms with E-state index in [1.165, 1.54) is 0 Å². The predicted molar refractivity (Wildman–Crippen MR) is 63.4 cm³/mol. The quantitative estimate of drug-likeness (QED) is 0.664. The van der Waals surface area contributed by atoms with Crippen LogP contribution in [0.4, 0.5) is 18.9 Å². The summed E-state index contributed by atoms with van der Waals surface area (Å²) in [5.74, 6) is -2.37. The lowest BCUT2D eigenvalue weighted by molar-refractivity contribution is -0.388. The van der Waals surface area contributed by atoms with Gasteiger partial charge in [0.2, 0.25) is 0 Å². The first-order chi connectivity index (χ1) is 9.18. The van der Waals surface area contributed by atoms with E-state index in [1.807, 2.05) is 0 Å². The zero-order valence-electron chi connectivity index (χ0n) is 10.5. The molecule has 1 unspecified atom stereocenters. The third-order valence-corrected chi connectivity index (χ3v) is 2.80. The summed E-state index contributed by atoms with van der Waals surface area (Å²) >= 11 is 0. The van der Waals surface area contributed by atoms with Crippen molar-refractivity contribution in [3.63, 3.8) is 0 Å². The van der Waals surface area contributed by atoms with Gasteiger partial charge in [0.1, 0.15) is 5.56 Å². The summed E-state index contributed by atoms with van der Waals surface area (Å²) in [5.41, 5.74) is -2.60. The highest BCUT2D eigenvalue weighted by atomic mass is 19.4. The first kappa shape index (κ1) is 15.9. The highest BCUT2D eigenvalue weighted by Gasteiger charge is 2.39. The van der Waals surface area contributed by atoms with Crippen molar-refractivity contribution in [1.82, 2.24) is 0 Å². The smallest absolute Gasteiger partial charge is 0.423 e. The van der Waals surface area contributed by atoms with Crippen LogP contribution in [0.5, 0.6) is 0 Å². The number of rotatable bonds is 5. The number of halogens is 3. The largest absolute Gasteiger partial charge is 0.481 e. The van der Waals surface area contributed by atoms with Crippen molar-refractivity contribution in [2.75, 3.05) is 0 Å². The Balaban J connectivity index is 3.38. The molecule has 0 radical (unpaired) electrons. The molecule has 0 aromatic heterocycles. The molecule has 20 heavy (non-hydrogen) atoms. The van der Waals surface area contributed by atoms with Crippen LogP contribution >= 0.6 is 0 Å². The molecule has 1 aromatic carbocycles. The van der Waals surface area contributed by atoms with Gasteiger partial charge in [0, 0.05) is 6.07 Å². The van der Waals surface area contributed by atoms with E-state index in [9.17, 15) is 28.1 Å². The standard InChI is InChI=1S/C12H12F3NO4/c1-2-3-8(11(17)18)7-4-5-10(16(19)20)9(6-7)12(13,14)15/h4-6,8H,2-3H2,1H3,(H,17,18). The minimum Gasteiger partial charge on any atom is -0.481 e. The second-order valence-corrected chi connectivity index (χ2v) is 4.21. The van der Waals surface area contributed by atoms with Crippen LogP contribution in [-0.4, -0.2) is 16.0 Å². The summed E-state index contributed by atoms with van der Waals surface area (Å²) in [5, 5.41) is 19.6. The Morgan fingerprint density at radius 3 is 2.45 bits per heavy atom. The van der Waals surface area contributed by atoms with Crippen LogP contribution in [0.15, 0.2) is 18.2 Å². The fraction of sp³-hybridized carbons (Fsp3) is 0.417. The summed E-state index contributed by atoms with van der Waals surface area (Å²) in [6.45, 7) is 1.70. The van der Waals surface area contributed by atoms with E-state index in [-0.39, 0.29) is 12.0 Å². The van der Waals surface area contributed by atoms with E-state index < -0.39 is 34.2 Å². The highest BCUT2D eigenvalue weighted by molar-refractivity contribution is 5.76. The molecule has 0 saturated carbocycles. The monoisotopic (exact) mass is 291 g/mol. The molecule has 0 aliphatic rings. The Bertz CT molecular complexity index is 528. The molecule has 5 nitrogen and oxygen atoms in total. The normalized spacial score (nSPS) is 13.0. The van der Waals surface area contributed by atoms with Crippen LogP contribution in [0.25, 0.3) is 0 Å². The Labute approximate surface area is 112 Å². The molecule has 1 atom stereocenters. The van der Waals surface area contributed by atoms with Gasteiger partial charge >= 0.3 is 12.1 Å². The van der Waals surface area contributed by atoms with Crippen LogP contribution in [0.2, 0.25) is 0 Å². The first-order valence-electron chi connectivity index (χ1n) is 5.76. The number of carboxylic acids is 1. The minimum absolute atomic E-state index is 0.0859. The van der Waals surface area contributed by atoms with Gasteiger partial charge in [-0.1, -0.05) is 19.4 Å². The minimum atomic E-state index is -4.91. The van der Waals surface area contributed by atoms with Crippen molar-refractivity contribution < 1.29 is 28.0 Å². The third kappa shape index (κ3) is 3.46. The maximum atomic E-state index is 12.8. The Morgan fingerprint density at radius 2 is 2.05 bits per heavy atom. The summed E-state index contributed by atoms with van der Waals surface area (Å²) in [6, 6.07) is 2.30. The number of nitro benzene ring substituents is 1. The van der Waals surface area contributed by atoms with Crippen molar-refractivity contribution >= 4 is 11.7 Å². The molecule has 0 saturated heterocycles. The third-order valence-electron chi connectivity index (χ3n) is 2.80. The summed E-state index contributed by atoms with van der Waals surface area (Å²) in [4.78, 5) is 20.5. The molecule has 0 aliphatic carbocycles. The molecular weight excluding hydrogens is 279 g/mol. The molecule has 1 N–H and O–H groups in total. The molecule has 0 bridgehead atoms. The van der Waals surface area contributed by atoms with Crippen LogP contribution < -0.4 is 0 Å². The number of nitro groups is 1. The van der Waals surface area contributed by atoms with E-state index in [0.29, 0.717) is 18.6 Å². The number of carbonyl (C=O) groups is 1. The highest BCUT2D eigenvalue weighted by Crippen LogP contribution is 2.38. The van der Waals surface area contributed by atoms with Gasteiger partial charge in [-0.3, -0.25) is 14.9 Å². The van der Waals surface area contributed by atoms with Crippen molar-refractivity contribution in [2.24, 2.45) is 0 Å². The molecule has 110 valence electrons. The number of nitrogens with zero attached hydrogens (tertiary/aromatic N) is 1. The summed E-state index contributed by atoms with van der Waals surface area (Å²) in [7, 11) is 0. The average molecular weight is 291 g/mol. The van der Waals surface area contributed by atoms with Gasteiger partial charge in [0.05, 0.1) is 10.8 Å². The Morgan fingerprint density at radius 1 is 1.45 bits per heavy atom. The van der Waals surface area contributed by atoms with E-state index >= 15 is 0 Å². The second kappa shape index (κ2) is 5.89. The number of hydrogen-bond donors (Lipinski definition) is 1. The Hall–Kier alpha value is -2.12. The van der Waals surface area contributed by atoms with Gasteiger partial charge in [-0.15, -0.1) is 0 Å². The lowest BCUT2D eigenvalue weighted by Crippen LogP contribution is -2.14. The van der Waals surface area contributed by atoms with Crippen molar-refractivity contribution in [3.8, 4) is 0 Å². The second-order valence-electron chi connectivity index (χ2n) is 4.21. The predicted octanol–water partition coefficient (Wildman–Crippen LogP) is 3.58. The van der Waals surface area contributed by atoms with E-state index in [1.54, 1.807) is 6.92 Å². The molecule has 0 spiro atoms. The van der Waals surface area contributed by atoms with Gasteiger partial charge < -0.3 is 5.11 Å². The van der Waals surface area contributed by atoms with Gasteiger partial charge in [-0.05, 0) is 18.1 Å². The number of hydrogen-bond acceptors (Lipinski definition) is 3. The van der Waals surface area contributed by atoms with Crippen molar-refractivity contribution in [2.45, 2.75) is 31.9 Å². The van der Waals surface area contributed by atoms with Gasteiger partial charge in [-0.2, -0.15) is 13.2 Å². The van der Waals surface area contributed by atoms with Gasteiger partial charge in [0.15, 0.2) is 0 Å². The number of alkyl halides is 3. The molecule has 8 heteroatoms. The van der Waals surface area contributed by atoms with Gasteiger partial charge in [0.25, 0.3) is 5.69 Å². The molecule has 0 heterocycles. The topological polar surface area (TPSA) is 80.4 Å². The fourth-order valence-electron chi connectivity index (χ4n) is 1.88. The van der Waals surface area contributed by atoms with Crippen molar-refractivity contribution in [3.05, 3.63) is 39.4 Å². The maximum absolute atomic E-state index is 12.8. The first-order valence-corrected chi connectivity index (χ1v) is 5.76. The van der Waals surface area contributed by atoms with Gasteiger partial charge in [-0.25, -0.2) is 0 Å². The maximum Gasteiger partial charge on any atom is 0.423 e. The number of aliphatic carboxylic acids is 1. The molecule has 0 amide bonds. The zero-order chi connectivity index (χ0) is 15.5. The van der Waals surface area contributed by atoms with Crippen LogP contribution in [0, 0.1) is 10.1 Å². The summed E-state index contributed by atoms with van der Waals surface area (Å²) in [6.07, 6.45) is -4.28. The average Bonchev–Trinajstić information content (AvgIpc) is 2.33. The van der Waals surface area contributed by atoms with E-state index in [0.717, 1.165) is 6.07 Å². The SMILES string of the molecule is CCCC(C(=O)O)c1ccc([N+](=O)[O-])c(C(F)(F)F)c1.